The van der Waals surface area contributed by atoms with Crippen molar-refractivity contribution in [3.8, 4) is 0 Å². The Morgan fingerprint density at radius 1 is 1.03 bits per heavy atom. The summed E-state index contributed by atoms with van der Waals surface area (Å²) >= 11 is 3.57. The Kier molecular flexibility index (Phi) is 7.33. The fourth-order valence-electron chi connectivity index (χ4n) is 4.85. The quantitative estimate of drug-likeness (QED) is 0.567. The van der Waals surface area contributed by atoms with Crippen LogP contribution in [-0.2, 0) is 17.8 Å². The lowest BCUT2D eigenvalue weighted by atomic mass is 10.0. The summed E-state index contributed by atoms with van der Waals surface area (Å²) in [6.45, 7) is 4.36. The van der Waals surface area contributed by atoms with Crippen molar-refractivity contribution in [2.45, 2.75) is 44.4 Å². The minimum absolute atomic E-state index is 0.0135. The highest BCUT2D eigenvalue weighted by atomic mass is 79.9. The van der Waals surface area contributed by atoms with Crippen LogP contribution in [-0.4, -0.2) is 47.6 Å². The molecule has 1 atom stereocenters. The van der Waals surface area contributed by atoms with E-state index in [4.69, 9.17) is 4.74 Å². The molecule has 3 heterocycles. The number of rotatable bonds is 7. The van der Waals surface area contributed by atoms with Crippen LogP contribution in [0.15, 0.2) is 77.1 Å². The molecule has 2 fully saturated rings. The Morgan fingerprint density at radius 3 is 2.65 bits per heavy atom. The second-order valence-corrected chi connectivity index (χ2v) is 9.99. The Morgan fingerprint density at radius 2 is 1.82 bits per heavy atom. The monoisotopic (exact) mass is 522 g/mol. The summed E-state index contributed by atoms with van der Waals surface area (Å²) in [5.41, 5.74) is 6.61. The van der Waals surface area contributed by atoms with Crippen molar-refractivity contribution in [3.63, 3.8) is 0 Å². The molecule has 1 amide bonds. The van der Waals surface area contributed by atoms with Crippen LogP contribution < -0.4 is 10.7 Å². The van der Waals surface area contributed by atoms with Crippen molar-refractivity contribution < 1.29 is 9.53 Å². The Labute approximate surface area is 209 Å². The Bertz CT molecular complexity index is 1060. The van der Waals surface area contributed by atoms with Gasteiger partial charge in [0.15, 0.2) is 0 Å². The summed E-state index contributed by atoms with van der Waals surface area (Å²) in [7, 11) is 0. The highest BCUT2D eigenvalue weighted by Gasteiger charge is 2.31. The zero-order chi connectivity index (χ0) is 23.3. The lowest BCUT2D eigenvalue weighted by Gasteiger charge is -2.32. The van der Waals surface area contributed by atoms with Crippen LogP contribution in [0.3, 0.4) is 0 Å². The van der Waals surface area contributed by atoms with E-state index in [0.29, 0.717) is 12.1 Å². The number of amides is 1. The van der Waals surface area contributed by atoms with Gasteiger partial charge in [-0.15, -0.1) is 0 Å². The van der Waals surface area contributed by atoms with E-state index in [1.54, 1.807) is 0 Å². The first-order valence-electron chi connectivity index (χ1n) is 12.0. The number of hydrogen-bond donors (Lipinski definition) is 2. The first-order chi connectivity index (χ1) is 16.7. The molecule has 0 aliphatic carbocycles. The zero-order valence-electron chi connectivity index (χ0n) is 19.3. The number of hydrazine groups is 1. The number of halogens is 1. The van der Waals surface area contributed by atoms with Gasteiger partial charge in [-0.1, -0.05) is 42.5 Å². The number of likely N-dealkylation sites (tertiary alicyclic amines) is 1. The summed E-state index contributed by atoms with van der Waals surface area (Å²) in [5, 5.41) is 5.35. The first kappa shape index (κ1) is 23.1. The first-order valence-corrected chi connectivity index (χ1v) is 12.8. The maximum absolute atomic E-state index is 12.9. The molecule has 178 valence electrons. The van der Waals surface area contributed by atoms with Gasteiger partial charge >= 0.3 is 0 Å². The van der Waals surface area contributed by atoms with Crippen LogP contribution in [0.1, 0.15) is 40.7 Å². The molecule has 0 radical (unpaired) electrons. The van der Waals surface area contributed by atoms with E-state index in [2.05, 4.69) is 73.0 Å². The van der Waals surface area contributed by atoms with Gasteiger partial charge in [0.2, 0.25) is 0 Å². The number of hydrogen-bond acceptors (Lipinski definition) is 5. The van der Waals surface area contributed by atoms with Gasteiger partial charge in [-0.2, -0.15) is 0 Å². The minimum Gasteiger partial charge on any atom is -0.494 e. The molecule has 3 aliphatic heterocycles. The lowest BCUT2D eigenvalue weighted by molar-refractivity contribution is 0.0908. The molecule has 1 unspecified atom stereocenters. The third kappa shape index (κ3) is 5.54. The van der Waals surface area contributed by atoms with Crippen LogP contribution in [0.25, 0.3) is 0 Å². The van der Waals surface area contributed by atoms with Crippen LogP contribution in [0, 0.1) is 0 Å². The average Bonchev–Trinajstić information content (AvgIpc) is 3.37. The molecule has 2 saturated heterocycles. The van der Waals surface area contributed by atoms with Gasteiger partial charge in [-0.05, 0) is 58.1 Å². The molecule has 0 saturated carbocycles. The predicted molar refractivity (Wildman–Crippen MR) is 137 cm³/mol. The predicted octanol–water partition coefficient (Wildman–Crippen LogP) is 4.31. The molecule has 2 N–H and O–H groups in total. The molecular formula is C27H31BrN4O2. The maximum Gasteiger partial charge on any atom is 0.251 e. The van der Waals surface area contributed by atoms with Crippen molar-refractivity contribution in [2.75, 3.05) is 19.7 Å². The fraction of sp³-hybridized carbons (Fsp3) is 0.370. The standard InChI is InChI=1S/C27H31BrN4O2/c28-24-11-15-32(25-12-16-34-26(24)25)29-18-21-7-4-8-22(17-21)27(33)30-23-9-13-31(14-10-23)19-20-5-2-1-3-6-20/h1-8,11,15,17,23,25,29H,9-10,12-14,16,18-19H2,(H,30,33). The summed E-state index contributed by atoms with van der Waals surface area (Å²) in [6.07, 6.45) is 6.95. The van der Waals surface area contributed by atoms with Gasteiger partial charge < -0.3 is 15.1 Å². The number of carbonyl (C=O) groups excluding carboxylic acids is 1. The summed E-state index contributed by atoms with van der Waals surface area (Å²) in [5.74, 6) is 0.998. The van der Waals surface area contributed by atoms with E-state index < -0.39 is 0 Å². The van der Waals surface area contributed by atoms with E-state index >= 15 is 0 Å². The van der Waals surface area contributed by atoms with E-state index in [1.807, 2.05) is 30.5 Å². The molecule has 3 aliphatic rings. The van der Waals surface area contributed by atoms with Gasteiger partial charge in [-0.25, -0.2) is 5.43 Å². The van der Waals surface area contributed by atoms with Crippen molar-refractivity contribution in [2.24, 2.45) is 0 Å². The summed E-state index contributed by atoms with van der Waals surface area (Å²) < 4.78 is 6.77. The van der Waals surface area contributed by atoms with Gasteiger partial charge in [0.05, 0.1) is 11.1 Å². The summed E-state index contributed by atoms with van der Waals surface area (Å²) in [4.78, 5) is 15.4. The minimum atomic E-state index is 0.0135. The SMILES string of the molecule is O=C(NC1CCN(Cc2ccccc2)CC1)c1cccc(CNN2C=CC(Br)=C3OCCC32)c1. The van der Waals surface area contributed by atoms with Crippen LogP contribution in [0.4, 0.5) is 0 Å². The number of benzene rings is 2. The molecule has 34 heavy (non-hydrogen) atoms. The topological polar surface area (TPSA) is 56.8 Å². The average molecular weight is 523 g/mol. The molecule has 0 bridgehead atoms. The highest BCUT2D eigenvalue weighted by molar-refractivity contribution is 9.11. The van der Waals surface area contributed by atoms with Gasteiger partial charge in [0.25, 0.3) is 5.91 Å². The van der Waals surface area contributed by atoms with Crippen molar-refractivity contribution >= 4 is 21.8 Å². The van der Waals surface area contributed by atoms with Crippen LogP contribution >= 0.6 is 15.9 Å². The molecule has 0 aromatic heterocycles. The number of nitrogens with zero attached hydrogens (tertiary/aromatic N) is 2. The largest absolute Gasteiger partial charge is 0.494 e. The molecule has 7 heteroatoms. The van der Waals surface area contributed by atoms with E-state index in [1.165, 1.54) is 5.56 Å². The summed E-state index contributed by atoms with van der Waals surface area (Å²) in [6, 6.07) is 18.9. The number of piperidine rings is 1. The van der Waals surface area contributed by atoms with E-state index in [0.717, 1.165) is 61.3 Å². The number of allylic oxidation sites excluding steroid dienone is 2. The van der Waals surface area contributed by atoms with E-state index in [-0.39, 0.29) is 18.0 Å². The van der Waals surface area contributed by atoms with E-state index in [9.17, 15) is 4.79 Å². The normalized spacial score (nSPS) is 20.9. The molecule has 2 aromatic carbocycles. The van der Waals surface area contributed by atoms with Crippen molar-refractivity contribution in [1.82, 2.24) is 20.7 Å². The molecule has 2 aromatic rings. The van der Waals surface area contributed by atoms with Crippen LogP contribution in [0.5, 0.6) is 0 Å². The zero-order valence-corrected chi connectivity index (χ0v) is 20.8. The Hall–Kier alpha value is -2.61. The molecule has 5 rings (SSSR count). The maximum atomic E-state index is 12.9. The smallest absolute Gasteiger partial charge is 0.251 e. The lowest BCUT2D eigenvalue weighted by Crippen LogP contribution is -2.44. The van der Waals surface area contributed by atoms with Gasteiger partial charge in [0.1, 0.15) is 11.8 Å². The second kappa shape index (κ2) is 10.8. The Balaban J connectivity index is 1.11. The molecular weight excluding hydrogens is 492 g/mol. The van der Waals surface area contributed by atoms with Gasteiger partial charge in [-0.3, -0.25) is 9.69 Å². The molecule has 6 nitrogen and oxygen atoms in total. The number of ether oxygens (including phenoxy) is 1. The molecule has 0 spiro atoms. The second-order valence-electron chi connectivity index (χ2n) is 9.13. The fourth-order valence-corrected chi connectivity index (χ4v) is 5.34. The number of fused-ring (bicyclic) bond motifs is 1. The van der Waals surface area contributed by atoms with Gasteiger partial charge in [0, 0.05) is 50.4 Å². The highest BCUT2D eigenvalue weighted by Crippen LogP contribution is 2.32. The van der Waals surface area contributed by atoms with Crippen LogP contribution in [0.2, 0.25) is 0 Å². The van der Waals surface area contributed by atoms with Crippen molar-refractivity contribution in [1.29, 1.82) is 0 Å². The van der Waals surface area contributed by atoms with Crippen molar-refractivity contribution in [3.05, 3.63) is 93.8 Å². The number of carbonyl (C=O) groups is 1. The number of nitrogens with one attached hydrogen (secondary N) is 2. The third-order valence-corrected chi connectivity index (χ3v) is 7.39. The third-order valence-electron chi connectivity index (χ3n) is 6.73.